The van der Waals surface area contributed by atoms with Crippen LogP contribution in [0.3, 0.4) is 0 Å². The lowest BCUT2D eigenvalue weighted by Gasteiger charge is -2.33. The summed E-state index contributed by atoms with van der Waals surface area (Å²) >= 11 is 0. The van der Waals surface area contributed by atoms with Crippen LogP contribution < -0.4 is 16.4 Å². The zero-order valence-electron chi connectivity index (χ0n) is 22.9. The highest BCUT2D eigenvalue weighted by Crippen LogP contribution is 2.34. The molecule has 9 nitrogen and oxygen atoms in total. The van der Waals surface area contributed by atoms with Gasteiger partial charge in [-0.05, 0) is 63.7 Å². The Morgan fingerprint density at radius 3 is 2.29 bits per heavy atom. The molecule has 3 saturated carbocycles. The van der Waals surface area contributed by atoms with Crippen molar-refractivity contribution in [1.82, 2.24) is 24.4 Å². The zero-order chi connectivity index (χ0) is 25.9. The van der Waals surface area contributed by atoms with Crippen molar-refractivity contribution in [3.8, 4) is 0 Å². The monoisotopic (exact) mass is 522 g/mol. The van der Waals surface area contributed by atoms with Crippen molar-refractivity contribution >= 4 is 28.8 Å². The number of anilines is 2. The molecule has 0 unspecified atom stereocenters. The molecule has 38 heavy (non-hydrogen) atoms. The minimum Gasteiger partial charge on any atom is -0.365 e. The van der Waals surface area contributed by atoms with E-state index in [1.165, 1.54) is 51.4 Å². The van der Waals surface area contributed by atoms with E-state index in [0.29, 0.717) is 30.0 Å². The van der Waals surface area contributed by atoms with Gasteiger partial charge in [0.1, 0.15) is 0 Å². The number of piperidine rings is 1. The quantitative estimate of drug-likeness (QED) is 0.447. The maximum absolute atomic E-state index is 12.8. The highest BCUT2D eigenvalue weighted by molar-refractivity contribution is 5.84. The van der Waals surface area contributed by atoms with Gasteiger partial charge in [-0.1, -0.05) is 38.5 Å². The van der Waals surface area contributed by atoms with Gasteiger partial charge < -0.3 is 25.8 Å². The lowest BCUT2D eigenvalue weighted by molar-refractivity contribution is -0.132. The van der Waals surface area contributed by atoms with E-state index in [1.54, 1.807) is 0 Å². The number of hydrogen-bond donors (Lipinski definition) is 3. The van der Waals surface area contributed by atoms with E-state index in [1.807, 2.05) is 6.33 Å². The minimum atomic E-state index is 0.282. The van der Waals surface area contributed by atoms with E-state index in [0.717, 1.165) is 87.4 Å². The summed E-state index contributed by atoms with van der Waals surface area (Å²) in [4.78, 5) is 29.7. The standard InChI is InChI=1S/C29H46N8O/c30-21-10-12-22(13-11-21)33-29-34-27(26-28(35-29)37(19-31-26)24-7-3-4-8-24)32-23-15-17-36(18-16-23)25(38)14-9-20-5-1-2-6-20/h19-24H,1-18,30H2,(H2,32,33,34,35). The van der Waals surface area contributed by atoms with Crippen LogP contribution in [0.4, 0.5) is 11.8 Å². The number of aromatic nitrogens is 4. The van der Waals surface area contributed by atoms with Crippen LogP contribution in [0.2, 0.25) is 0 Å². The number of rotatable bonds is 8. The molecule has 208 valence electrons. The van der Waals surface area contributed by atoms with Gasteiger partial charge in [-0.2, -0.15) is 9.97 Å². The first kappa shape index (κ1) is 25.8. The van der Waals surface area contributed by atoms with E-state index in [-0.39, 0.29) is 6.04 Å². The largest absolute Gasteiger partial charge is 0.365 e. The molecule has 2 aromatic rings. The van der Waals surface area contributed by atoms with Crippen LogP contribution in [0.1, 0.15) is 109 Å². The third-order valence-corrected chi connectivity index (χ3v) is 9.67. The molecule has 1 saturated heterocycles. The van der Waals surface area contributed by atoms with Crippen molar-refractivity contribution in [1.29, 1.82) is 0 Å². The van der Waals surface area contributed by atoms with Crippen molar-refractivity contribution in [3.63, 3.8) is 0 Å². The molecule has 4 fully saturated rings. The molecule has 9 heteroatoms. The molecule has 4 aliphatic rings. The van der Waals surface area contributed by atoms with E-state index in [9.17, 15) is 4.79 Å². The van der Waals surface area contributed by atoms with Crippen LogP contribution in [0.25, 0.3) is 11.2 Å². The smallest absolute Gasteiger partial charge is 0.227 e. The van der Waals surface area contributed by atoms with Gasteiger partial charge in [0.15, 0.2) is 17.0 Å². The van der Waals surface area contributed by atoms with E-state index in [2.05, 4.69) is 20.1 Å². The fourth-order valence-electron chi connectivity index (χ4n) is 7.23. The number of nitrogens with zero attached hydrogens (tertiary/aromatic N) is 5. The lowest BCUT2D eigenvalue weighted by Crippen LogP contribution is -2.42. The van der Waals surface area contributed by atoms with E-state index >= 15 is 0 Å². The van der Waals surface area contributed by atoms with Gasteiger partial charge in [0, 0.05) is 43.7 Å². The normalized spacial score (nSPS) is 25.9. The van der Waals surface area contributed by atoms with Crippen LogP contribution in [0.15, 0.2) is 6.33 Å². The topological polar surface area (TPSA) is 114 Å². The van der Waals surface area contributed by atoms with Gasteiger partial charge in [0.25, 0.3) is 0 Å². The first-order chi connectivity index (χ1) is 18.6. The number of amides is 1. The number of imidazole rings is 1. The van der Waals surface area contributed by atoms with Crippen LogP contribution in [0.5, 0.6) is 0 Å². The van der Waals surface area contributed by atoms with Gasteiger partial charge >= 0.3 is 0 Å². The van der Waals surface area contributed by atoms with Gasteiger partial charge in [0.05, 0.1) is 6.33 Å². The maximum atomic E-state index is 12.8. The fourth-order valence-corrected chi connectivity index (χ4v) is 7.23. The minimum absolute atomic E-state index is 0.282. The molecule has 6 rings (SSSR count). The predicted octanol–water partition coefficient (Wildman–Crippen LogP) is 5.00. The van der Waals surface area contributed by atoms with Crippen molar-refractivity contribution in [2.45, 2.75) is 127 Å². The Morgan fingerprint density at radius 1 is 0.868 bits per heavy atom. The zero-order valence-corrected chi connectivity index (χ0v) is 22.9. The van der Waals surface area contributed by atoms with Crippen molar-refractivity contribution in [2.24, 2.45) is 11.7 Å². The SMILES string of the molecule is NC1CCC(Nc2nc(NC3CCN(C(=O)CCC4CCCC4)CC3)c3ncn(C4CCCC4)c3n2)CC1. The van der Waals surface area contributed by atoms with Crippen LogP contribution in [-0.4, -0.2) is 61.5 Å². The number of carbonyl (C=O) groups excluding carboxylic acids is 1. The Hall–Kier alpha value is -2.42. The second-order valence-electron chi connectivity index (χ2n) is 12.4. The Bertz CT molecular complexity index is 1070. The van der Waals surface area contributed by atoms with Crippen LogP contribution in [0, 0.1) is 5.92 Å². The number of carbonyl (C=O) groups is 1. The average Bonchev–Trinajstić information content (AvgIpc) is 3.71. The van der Waals surface area contributed by atoms with Gasteiger partial charge in [-0.3, -0.25) is 4.79 Å². The summed E-state index contributed by atoms with van der Waals surface area (Å²) < 4.78 is 2.28. The summed E-state index contributed by atoms with van der Waals surface area (Å²) in [6, 6.07) is 1.44. The molecule has 1 amide bonds. The Morgan fingerprint density at radius 2 is 1.55 bits per heavy atom. The first-order valence-corrected chi connectivity index (χ1v) is 15.4. The number of hydrogen-bond acceptors (Lipinski definition) is 7. The second kappa shape index (κ2) is 11.8. The van der Waals surface area contributed by atoms with Crippen LogP contribution >= 0.6 is 0 Å². The van der Waals surface area contributed by atoms with Crippen molar-refractivity contribution < 1.29 is 4.79 Å². The summed E-state index contributed by atoms with van der Waals surface area (Å²) in [5.41, 5.74) is 7.94. The summed E-state index contributed by atoms with van der Waals surface area (Å²) in [5, 5.41) is 7.35. The molecular weight excluding hydrogens is 476 g/mol. The van der Waals surface area contributed by atoms with Crippen molar-refractivity contribution in [3.05, 3.63) is 6.33 Å². The average molecular weight is 523 g/mol. The number of fused-ring (bicyclic) bond motifs is 1. The first-order valence-electron chi connectivity index (χ1n) is 15.4. The molecule has 3 heterocycles. The molecule has 0 spiro atoms. The van der Waals surface area contributed by atoms with Gasteiger partial charge in [0.2, 0.25) is 11.9 Å². The summed E-state index contributed by atoms with van der Waals surface area (Å²) in [6.07, 6.45) is 20.1. The molecule has 0 atom stereocenters. The number of likely N-dealkylation sites (tertiary alicyclic amines) is 1. The fraction of sp³-hybridized carbons (Fsp3) is 0.793. The molecule has 0 radical (unpaired) electrons. The molecule has 0 bridgehead atoms. The van der Waals surface area contributed by atoms with E-state index in [4.69, 9.17) is 20.7 Å². The Kier molecular flexibility index (Phi) is 8.00. The van der Waals surface area contributed by atoms with E-state index < -0.39 is 0 Å². The number of nitrogens with one attached hydrogen (secondary N) is 2. The third kappa shape index (κ3) is 5.92. The third-order valence-electron chi connectivity index (χ3n) is 9.67. The molecule has 1 aliphatic heterocycles. The Labute approximate surface area is 226 Å². The van der Waals surface area contributed by atoms with Crippen molar-refractivity contribution in [2.75, 3.05) is 23.7 Å². The van der Waals surface area contributed by atoms with Gasteiger partial charge in [-0.25, -0.2) is 4.98 Å². The molecule has 3 aliphatic carbocycles. The van der Waals surface area contributed by atoms with Crippen LogP contribution in [-0.2, 0) is 4.79 Å². The molecule has 2 aromatic heterocycles. The summed E-state index contributed by atoms with van der Waals surface area (Å²) in [6.45, 7) is 1.64. The second-order valence-corrected chi connectivity index (χ2v) is 12.4. The molecular formula is C29H46N8O. The van der Waals surface area contributed by atoms with Gasteiger partial charge in [-0.15, -0.1) is 0 Å². The Balaban J connectivity index is 1.13. The maximum Gasteiger partial charge on any atom is 0.227 e. The molecule has 0 aromatic carbocycles. The highest BCUT2D eigenvalue weighted by Gasteiger charge is 2.27. The summed E-state index contributed by atoms with van der Waals surface area (Å²) in [5.74, 6) is 2.64. The number of nitrogens with two attached hydrogens (primary N) is 1. The lowest BCUT2D eigenvalue weighted by atomic mass is 9.92. The highest BCUT2D eigenvalue weighted by atomic mass is 16.2. The molecule has 4 N–H and O–H groups in total. The summed E-state index contributed by atoms with van der Waals surface area (Å²) in [7, 11) is 0. The predicted molar refractivity (Wildman–Crippen MR) is 151 cm³/mol.